The Morgan fingerprint density at radius 2 is 1.90 bits per heavy atom. The van der Waals surface area contributed by atoms with Crippen molar-refractivity contribution in [2.75, 3.05) is 6.54 Å². The first-order valence-corrected chi connectivity index (χ1v) is 7.99. The Morgan fingerprint density at radius 1 is 1.25 bits per heavy atom. The Kier molecular flexibility index (Phi) is 4.84. The number of nitrogens with zero attached hydrogens (tertiary/aromatic N) is 2. The fourth-order valence-electron chi connectivity index (χ4n) is 3.24. The Balaban J connectivity index is 1.97. The van der Waals surface area contributed by atoms with Gasteiger partial charge in [0.2, 0.25) is 5.89 Å². The first-order chi connectivity index (χ1) is 9.45. The molecule has 0 saturated heterocycles. The minimum absolute atomic E-state index is 0.210. The lowest BCUT2D eigenvalue weighted by molar-refractivity contribution is 0.166. The summed E-state index contributed by atoms with van der Waals surface area (Å²) in [6, 6.07) is 0. The third-order valence-corrected chi connectivity index (χ3v) is 4.90. The van der Waals surface area contributed by atoms with Gasteiger partial charge in [-0.05, 0) is 43.4 Å². The summed E-state index contributed by atoms with van der Waals surface area (Å²) in [5.74, 6) is 3.13. The topological polar surface area (TPSA) is 64.9 Å². The van der Waals surface area contributed by atoms with E-state index in [0.29, 0.717) is 17.9 Å². The van der Waals surface area contributed by atoms with Gasteiger partial charge in [-0.25, -0.2) is 0 Å². The predicted molar refractivity (Wildman–Crippen MR) is 80.5 cm³/mol. The largest absolute Gasteiger partial charge is 0.339 e. The zero-order valence-corrected chi connectivity index (χ0v) is 13.4. The van der Waals surface area contributed by atoms with Crippen molar-refractivity contribution < 1.29 is 4.52 Å². The van der Waals surface area contributed by atoms with Gasteiger partial charge in [0.25, 0.3) is 0 Å². The first-order valence-electron chi connectivity index (χ1n) is 7.99. The van der Waals surface area contributed by atoms with Gasteiger partial charge in [0.05, 0.1) is 5.92 Å². The summed E-state index contributed by atoms with van der Waals surface area (Å²) < 4.78 is 5.41. The lowest BCUT2D eigenvalue weighted by Gasteiger charge is -2.36. The molecule has 4 heteroatoms. The molecule has 1 aliphatic rings. The summed E-state index contributed by atoms with van der Waals surface area (Å²) in [7, 11) is 0. The molecule has 2 N–H and O–H groups in total. The van der Waals surface area contributed by atoms with Crippen LogP contribution in [0.15, 0.2) is 4.52 Å². The highest BCUT2D eigenvalue weighted by Crippen LogP contribution is 2.42. The molecule has 1 aromatic heterocycles. The van der Waals surface area contributed by atoms with Crippen LogP contribution in [0.4, 0.5) is 0 Å². The van der Waals surface area contributed by atoms with E-state index in [4.69, 9.17) is 10.3 Å². The molecule has 1 atom stereocenters. The van der Waals surface area contributed by atoms with Crippen molar-refractivity contribution in [3.8, 4) is 0 Å². The maximum absolute atomic E-state index is 5.74. The Morgan fingerprint density at radius 3 is 2.40 bits per heavy atom. The van der Waals surface area contributed by atoms with E-state index in [9.17, 15) is 0 Å². The van der Waals surface area contributed by atoms with Crippen molar-refractivity contribution in [3.63, 3.8) is 0 Å². The van der Waals surface area contributed by atoms with Gasteiger partial charge in [-0.2, -0.15) is 4.98 Å². The van der Waals surface area contributed by atoms with Crippen LogP contribution < -0.4 is 5.73 Å². The highest BCUT2D eigenvalue weighted by Gasteiger charge is 2.32. The second-order valence-corrected chi connectivity index (χ2v) is 7.25. The molecule has 1 heterocycles. The maximum Gasteiger partial charge on any atom is 0.231 e. The lowest BCUT2D eigenvalue weighted by atomic mass is 9.70. The third kappa shape index (κ3) is 3.40. The zero-order chi connectivity index (χ0) is 14.8. The molecule has 1 aliphatic carbocycles. The molecule has 1 aromatic rings. The van der Waals surface area contributed by atoms with Crippen LogP contribution in [-0.2, 0) is 0 Å². The average molecular weight is 279 g/mol. The monoisotopic (exact) mass is 279 g/mol. The molecule has 0 radical (unpaired) electrons. The third-order valence-electron chi connectivity index (χ3n) is 4.90. The van der Waals surface area contributed by atoms with E-state index in [1.165, 1.54) is 25.7 Å². The van der Waals surface area contributed by atoms with Crippen LogP contribution in [0.5, 0.6) is 0 Å². The molecule has 0 bridgehead atoms. The predicted octanol–water partition coefficient (Wildman–Crippen LogP) is 3.84. The molecule has 2 rings (SSSR count). The molecule has 1 unspecified atom stereocenters. The first kappa shape index (κ1) is 15.5. The number of hydrogen-bond acceptors (Lipinski definition) is 4. The van der Waals surface area contributed by atoms with Crippen LogP contribution >= 0.6 is 0 Å². The van der Waals surface area contributed by atoms with Crippen LogP contribution in [0, 0.1) is 11.3 Å². The number of aromatic nitrogens is 2. The SMILES string of the molecule is CCC(CN)c1nc(C2CCC(C(C)(C)C)CC2)no1. The van der Waals surface area contributed by atoms with E-state index in [-0.39, 0.29) is 5.92 Å². The van der Waals surface area contributed by atoms with Crippen molar-refractivity contribution in [1.29, 1.82) is 0 Å². The van der Waals surface area contributed by atoms with Crippen molar-refractivity contribution in [1.82, 2.24) is 10.1 Å². The molecule has 114 valence electrons. The summed E-state index contributed by atoms with van der Waals surface area (Å²) in [4.78, 5) is 4.61. The molecule has 0 amide bonds. The number of nitrogens with two attached hydrogens (primary N) is 1. The van der Waals surface area contributed by atoms with E-state index >= 15 is 0 Å². The molecule has 0 spiro atoms. The van der Waals surface area contributed by atoms with E-state index in [1.807, 2.05) is 0 Å². The minimum atomic E-state index is 0.210. The molecular weight excluding hydrogens is 250 g/mol. The van der Waals surface area contributed by atoms with Crippen molar-refractivity contribution >= 4 is 0 Å². The standard InChI is InChI=1S/C16H29N3O/c1-5-11(10-17)15-18-14(19-20-15)12-6-8-13(9-7-12)16(2,3)4/h11-13H,5-10,17H2,1-4H3. The molecule has 20 heavy (non-hydrogen) atoms. The molecule has 1 fully saturated rings. The Bertz CT molecular complexity index is 410. The van der Waals surface area contributed by atoms with Crippen LogP contribution in [0.2, 0.25) is 0 Å². The van der Waals surface area contributed by atoms with Gasteiger partial charge in [-0.3, -0.25) is 0 Å². The van der Waals surface area contributed by atoms with Crippen molar-refractivity contribution in [2.24, 2.45) is 17.1 Å². The molecule has 0 aromatic carbocycles. The van der Waals surface area contributed by atoms with Crippen LogP contribution in [0.3, 0.4) is 0 Å². The van der Waals surface area contributed by atoms with Gasteiger partial charge in [-0.1, -0.05) is 32.9 Å². The second-order valence-electron chi connectivity index (χ2n) is 7.25. The fraction of sp³-hybridized carbons (Fsp3) is 0.875. The Labute approximate surface area is 122 Å². The summed E-state index contributed by atoms with van der Waals surface area (Å²) in [5.41, 5.74) is 6.16. The van der Waals surface area contributed by atoms with E-state index in [0.717, 1.165) is 24.1 Å². The fourth-order valence-corrected chi connectivity index (χ4v) is 3.24. The molecule has 1 saturated carbocycles. The zero-order valence-electron chi connectivity index (χ0n) is 13.4. The van der Waals surface area contributed by atoms with Gasteiger partial charge in [0.15, 0.2) is 5.82 Å². The van der Waals surface area contributed by atoms with Crippen molar-refractivity contribution in [3.05, 3.63) is 11.7 Å². The minimum Gasteiger partial charge on any atom is -0.339 e. The lowest BCUT2D eigenvalue weighted by Crippen LogP contribution is -2.25. The van der Waals surface area contributed by atoms with Crippen LogP contribution in [0.25, 0.3) is 0 Å². The molecular formula is C16H29N3O. The Hall–Kier alpha value is -0.900. The maximum atomic E-state index is 5.74. The van der Waals surface area contributed by atoms with Gasteiger partial charge < -0.3 is 10.3 Å². The summed E-state index contributed by atoms with van der Waals surface area (Å²) >= 11 is 0. The summed E-state index contributed by atoms with van der Waals surface area (Å²) in [6.07, 6.45) is 5.85. The highest BCUT2D eigenvalue weighted by atomic mass is 16.5. The quantitative estimate of drug-likeness (QED) is 0.909. The van der Waals surface area contributed by atoms with E-state index in [2.05, 4.69) is 37.8 Å². The summed E-state index contributed by atoms with van der Waals surface area (Å²) in [5, 5.41) is 4.20. The van der Waals surface area contributed by atoms with E-state index < -0.39 is 0 Å². The average Bonchev–Trinajstić information content (AvgIpc) is 2.89. The van der Waals surface area contributed by atoms with Gasteiger partial charge in [0, 0.05) is 12.5 Å². The second kappa shape index (κ2) is 6.25. The van der Waals surface area contributed by atoms with Crippen molar-refractivity contribution in [2.45, 2.75) is 71.6 Å². The highest BCUT2D eigenvalue weighted by molar-refractivity contribution is 5.01. The molecule has 4 nitrogen and oxygen atoms in total. The van der Waals surface area contributed by atoms with E-state index in [1.54, 1.807) is 0 Å². The normalized spacial score (nSPS) is 25.6. The smallest absolute Gasteiger partial charge is 0.231 e. The molecule has 0 aliphatic heterocycles. The van der Waals surface area contributed by atoms with Gasteiger partial charge >= 0.3 is 0 Å². The van der Waals surface area contributed by atoms with Gasteiger partial charge in [-0.15, -0.1) is 0 Å². The number of hydrogen-bond donors (Lipinski definition) is 1. The van der Waals surface area contributed by atoms with Crippen LogP contribution in [0.1, 0.15) is 83.3 Å². The summed E-state index contributed by atoms with van der Waals surface area (Å²) in [6.45, 7) is 9.72. The van der Waals surface area contributed by atoms with Gasteiger partial charge in [0.1, 0.15) is 0 Å². The van der Waals surface area contributed by atoms with Crippen LogP contribution in [-0.4, -0.2) is 16.7 Å². The number of rotatable bonds is 4.